The molecular weight excluding hydrogens is 454 g/mol. The molecule has 0 fully saturated rings. The first-order valence-electron chi connectivity index (χ1n) is 7.74. The molecule has 1 aliphatic rings. The van der Waals surface area contributed by atoms with Crippen molar-refractivity contribution in [1.29, 1.82) is 0 Å². The van der Waals surface area contributed by atoms with Crippen LogP contribution in [0.1, 0.15) is 17.0 Å². The van der Waals surface area contributed by atoms with Gasteiger partial charge in [0.25, 0.3) is 5.69 Å². The van der Waals surface area contributed by atoms with E-state index in [0.717, 1.165) is 16.8 Å². The number of thioether (sulfide) groups is 1. The van der Waals surface area contributed by atoms with Crippen molar-refractivity contribution in [1.82, 2.24) is 14.9 Å². The van der Waals surface area contributed by atoms with Crippen LogP contribution in [-0.4, -0.2) is 31.3 Å². The lowest BCUT2D eigenvalue weighted by Crippen LogP contribution is -2.15. The van der Waals surface area contributed by atoms with Crippen LogP contribution in [0.4, 0.5) is 5.69 Å². The summed E-state index contributed by atoms with van der Waals surface area (Å²) in [6.45, 7) is 0. The number of nitro groups is 1. The Morgan fingerprint density at radius 1 is 1.19 bits per heavy atom. The predicted molar refractivity (Wildman–Crippen MR) is 110 cm³/mol. The number of hydrogen-bond donors (Lipinski definition) is 0. The summed E-state index contributed by atoms with van der Waals surface area (Å²) < 4.78 is 1.71. The standard InChI is InChI=1S/C17H12ClN5O2S.BrH/c18-13-6-4-11(5-7-13)8-16-19-20-17-22(16)21-15(10-26-17)12-2-1-3-14(9-12)23(24)25;/h1-7,9H,8,10H2;1H. The largest absolute Gasteiger partial charge is 0.270 e. The zero-order valence-electron chi connectivity index (χ0n) is 13.8. The van der Waals surface area contributed by atoms with Crippen LogP contribution in [0.5, 0.6) is 0 Å². The van der Waals surface area contributed by atoms with Gasteiger partial charge in [-0.25, -0.2) is 0 Å². The van der Waals surface area contributed by atoms with Gasteiger partial charge < -0.3 is 0 Å². The third kappa shape index (κ3) is 4.20. The van der Waals surface area contributed by atoms with Crippen molar-refractivity contribution >= 4 is 51.7 Å². The van der Waals surface area contributed by atoms with E-state index >= 15 is 0 Å². The van der Waals surface area contributed by atoms with Crippen molar-refractivity contribution in [2.75, 3.05) is 5.75 Å². The Balaban J connectivity index is 0.00000210. The number of benzene rings is 2. The van der Waals surface area contributed by atoms with Gasteiger partial charge in [0, 0.05) is 34.9 Å². The van der Waals surface area contributed by atoms with Gasteiger partial charge in [0.1, 0.15) is 0 Å². The van der Waals surface area contributed by atoms with Crippen LogP contribution >= 0.6 is 40.3 Å². The minimum Gasteiger partial charge on any atom is -0.258 e. The van der Waals surface area contributed by atoms with Crippen molar-refractivity contribution in [3.05, 3.63) is 80.6 Å². The third-order valence-electron chi connectivity index (χ3n) is 3.90. The van der Waals surface area contributed by atoms with Gasteiger partial charge in [0.15, 0.2) is 5.82 Å². The Hall–Kier alpha value is -2.23. The van der Waals surface area contributed by atoms with Crippen molar-refractivity contribution in [3.8, 4) is 0 Å². The van der Waals surface area contributed by atoms with Crippen LogP contribution in [0.15, 0.2) is 58.8 Å². The first kappa shape index (κ1) is 19.5. The van der Waals surface area contributed by atoms with Crippen LogP contribution < -0.4 is 0 Å². The Morgan fingerprint density at radius 2 is 1.96 bits per heavy atom. The molecule has 27 heavy (non-hydrogen) atoms. The number of non-ortho nitro benzene ring substituents is 1. The van der Waals surface area contributed by atoms with E-state index in [1.807, 2.05) is 30.3 Å². The first-order chi connectivity index (χ1) is 12.6. The summed E-state index contributed by atoms with van der Waals surface area (Å²) >= 11 is 7.43. The molecular formula is C17H13BrClN5O2S. The maximum Gasteiger partial charge on any atom is 0.270 e. The lowest BCUT2D eigenvalue weighted by atomic mass is 10.1. The van der Waals surface area contributed by atoms with Gasteiger partial charge in [-0.3, -0.25) is 10.1 Å². The highest BCUT2D eigenvalue weighted by Crippen LogP contribution is 2.26. The minimum atomic E-state index is -0.407. The number of halogens is 2. The van der Waals surface area contributed by atoms with Gasteiger partial charge in [0.05, 0.1) is 10.6 Å². The van der Waals surface area contributed by atoms with Crippen LogP contribution in [0, 0.1) is 10.1 Å². The summed E-state index contributed by atoms with van der Waals surface area (Å²) in [5, 5.41) is 25.4. The zero-order valence-corrected chi connectivity index (χ0v) is 17.1. The number of hydrogen-bond acceptors (Lipinski definition) is 6. The molecule has 0 amide bonds. The highest BCUT2D eigenvalue weighted by Gasteiger charge is 2.21. The molecule has 0 radical (unpaired) electrons. The average molecular weight is 467 g/mol. The van der Waals surface area contributed by atoms with Gasteiger partial charge in [-0.15, -0.1) is 27.2 Å². The van der Waals surface area contributed by atoms with E-state index in [2.05, 4.69) is 15.3 Å². The monoisotopic (exact) mass is 465 g/mol. The fourth-order valence-corrected chi connectivity index (χ4v) is 3.59. The summed E-state index contributed by atoms with van der Waals surface area (Å²) in [5.74, 6) is 1.29. The van der Waals surface area contributed by atoms with E-state index in [0.29, 0.717) is 28.2 Å². The van der Waals surface area contributed by atoms with Crippen molar-refractivity contribution in [2.45, 2.75) is 11.6 Å². The van der Waals surface area contributed by atoms with Crippen LogP contribution in [0.3, 0.4) is 0 Å². The highest BCUT2D eigenvalue weighted by molar-refractivity contribution is 8.93. The predicted octanol–water partition coefficient (Wildman–Crippen LogP) is 4.37. The lowest BCUT2D eigenvalue weighted by Gasteiger charge is -2.14. The van der Waals surface area contributed by atoms with E-state index in [1.165, 1.54) is 23.9 Å². The fraction of sp³-hybridized carbons (Fsp3) is 0.118. The van der Waals surface area contributed by atoms with Gasteiger partial charge in [-0.05, 0) is 17.7 Å². The molecule has 0 N–H and O–H groups in total. The molecule has 0 saturated heterocycles. The van der Waals surface area contributed by atoms with E-state index in [1.54, 1.807) is 10.7 Å². The lowest BCUT2D eigenvalue weighted by molar-refractivity contribution is -0.384. The highest BCUT2D eigenvalue weighted by atomic mass is 79.9. The summed E-state index contributed by atoms with van der Waals surface area (Å²) in [6.07, 6.45) is 0.566. The number of nitro benzene ring substituents is 1. The Kier molecular flexibility index (Phi) is 5.93. The SMILES string of the molecule is Br.O=[N+]([O-])c1cccc(C2=Nn3c(Cc4ccc(Cl)cc4)nnc3SC2)c1. The number of rotatable bonds is 4. The number of aromatic nitrogens is 3. The Morgan fingerprint density at radius 3 is 2.70 bits per heavy atom. The molecule has 10 heteroatoms. The summed E-state index contributed by atoms with van der Waals surface area (Å²) in [4.78, 5) is 10.6. The maximum atomic E-state index is 11.0. The van der Waals surface area contributed by atoms with E-state index in [-0.39, 0.29) is 22.7 Å². The summed E-state index contributed by atoms with van der Waals surface area (Å²) in [6, 6.07) is 14.0. The van der Waals surface area contributed by atoms with Crippen LogP contribution in [0.25, 0.3) is 0 Å². The first-order valence-corrected chi connectivity index (χ1v) is 9.11. The molecule has 0 aliphatic carbocycles. The third-order valence-corrected chi connectivity index (χ3v) is 5.08. The second kappa shape index (κ2) is 8.20. The molecule has 2 heterocycles. The second-order valence-corrected chi connectivity index (χ2v) is 7.04. The average Bonchev–Trinajstić information content (AvgIpc) is 3.06. The molecule has 2 aromatic carbocycles. The molecule has 0 bridgehead atoms. The Labute approximate surface area is 174 Å². The molecule has 4 rings (SSSR count). The van der Waals surface area contributed by atoms with Crippen molar-refractivity contribution in [2.24, 2.45) is 5.10 Å². The van der Waals surface area contributed by atoms with Crippen LogP contribution in [-0.2, 0) is 6.42 Å². The van der Waals surface area contributed by atoms with Gasteiger partial charge in [-0.1, -0.05) is 47.6 Å². The zero-order chi connectivity index (χ0) is 18.1. The molecule has 1 aromatic heterocycles. The van der Waals surface area contributed by atoms with E-state index in [4.69, 9.17) is 11.6 Å². The molecule has 3 aromatic rings. The second-order valence-electron chi connectivity index (χ2n) is 5.66. The summed E-state index contributed by atoms with van der Waals surface area (Å²) in [7, 11) is 0. The van der Waals surface area contributed by atoms with Crippen molar-refractivity contribution < 1.29 is 4.92 Å². The van der Waals surface area contributed by atoms with Crippen LogP contribution in [0.2, 0.25) is 5.02 Å². The normalized spacial score (nSPS) is 12.7. The molecule has 0 unspecified atom stereocenters. The quantitative estimate of drug-likeness (QED) is 0.421. The fourth-order valence-electron chi connectivity index (χ4n) is 2.60. The Bertz CT molecular complexity index is 1020. The summed E-state index contributed by atoms with van der Waals surface area (Å²) in [5.41, 5.74) is 2.57. The molecule has 0 atom stereocenters. The minimum absolute atomic E-state index is 0. The van der Waals surface area contributed by atoms with Crippen molar-refractivity contribution in [3.63, 3.8) is 0 Å². The number of fused-ring (bicyclic) bond motifs is 1. The smallest absolute Gasteiger partial charge is 0.258 e. The molecule has 1 aliphatic heterocycles. The van der Waals surface area contributed by atoms with E-state index in [9.17, 15) is 10.1 Å². The molecule has 7 nitrogen and oxygen atoms in total. The molecule has 0 saturated carbocycles. The van der Waals surface area contributed by atoms with Gasteiger partial charge in [-0.2, -0.15) is 9.78 Å². The maximum absolute atomic E-state index is 11.0. The molecule has 0 spiro atoms. The van der Waals surface area contributed by atoms with E-state index < -0.39 is 4.92 Å². The topological polar surface area (TPSA) is 86.2 Å². The van der Waals surface area contributed by atoms with Gasteiger partial charge in [0.2, 0.25) is 5.16 Å². The van der Waals surface area contributed by atoms with Gasteiger partial charge >= 0.3 is 0 Å². The number of nitrogens with zero attached hydrogens (tertiary/aromatic N) is 5. The molecule has 138 valence electrons.